The Kier molecular flexibility index (Phi) is 6.78. The molecule has 2 aromatic rings. The van der Waals surface area contributed by atoms with Crippen molar-refractivity contribution >= 4 is 29.3 Å². The van der Waals surface area contributed by atoms with E-state index >= 15 is 0 Å². The van der Waals surface area contributed by atoms with Crippen LogP contribution < -0.4 is 10.2 Å². The van der Waals surface area contributed by atoms with Gasteiger partial charge in [-0.2, -0.15) is 29.9 Å². The second kappa shape index (κ2) is 8.98. The number of nitrogens with zero attached hydrogens (tertiary/aromatic N) is 2. The summed E-state index contributed by atoms with van der Waals surface area (Å²) in [6.07, 6.45) is -3.51. The normalized spacial score (nSPS) is 16.9. The van der Waals surface area contributed by atoms with Crippen LogP contribution in [0.15, 0.2) is 36.5 Å². The number of rotatable bonds is 5. The summed E-state index contributed by atoms with van der Waals surface area (Å²) in [6, 6.07) is 7.49. The molecule has 162 valence electrons. The summed E-state index contributed by atoms with van der Waals surface area (Å²) in [5.41, 5.74) is 2.97. The highest BCUT2D eigenvalue weighted by molar-refractivity contribution is 7.99. The van der Waals surface area contributed by atoms with Crippen molar-refractivity contribution in [2.24, 2.45) is 0 Å². The van der Waals surface area contributed by atoms with Crippen LogP contribution in [0.5, 0.6) is 5.88 Å². The smallest absolute Gasteiger partial charge is 0.422 e. The van der Waals surface area contributed by atoms with Crippen LogP contribution >= 0.6 is 23.4 Å². The highest BCUT2D eigenvalue weighted by Crippen LogP contribution is 2.31. The van der Waals surface area contributed by atoms with Gasteiger partial charge in [0.1, 0.15) is 0 Å². The van der Waals surface area contributed by atoms with E-state index < -0.39 is 24.6 Å². The molecule has 1 aromatic heterocycles. The zero-order valence-corrected chi connectivity index (χ0v) is 16.9. The number of aromatic nitrogens is 1. The van der Waals surface area contributed by atoms with Crippen LogP contribution in [0, 0.1) is 0 Å². The van der Waals surface area contributed by atoms with Crippen LogP contribution in [0.1, 0.15) is 10.4 Å². The summed E-state index contributed by atoms with van der Waals surface area (Å²) >= 11 is 7.18. The van der Waals surface area contributed by atoms with E-state index in [1.54, 1.807) is 12.1 Å². The number of pyridine rings is 1. The lowest BCUT2D eigenvalue weighted by Gasteiger charge is -2.38. The maximum absolute atomic E-state index is 12.6. The van der Waals surface area contributed by atoms with E-state index in [1.807, 2.05) is 0 Å². The Balaban J connectivity index is 1.89. The number of hydrazine groups is 1. The first-order valence-corrected chi connectivity index (χ1v) is 10.1. The van der Waals surface area contributed by atoms with E-state index in [2.05, 4.69) is 10.4 Å². The fourth-order valence-corrected chi connectivity index (χ4v) is 3.64. The molecule has 0 saturated carbocycles. The van der Waals surface area contributed by atoms with Crippen molar-refractivity contribution in [1.29, 1.82) is 0 Å². The molecule has 1 aliphatic heterocycles. The largest absolute Gasteiger partial charge is 0.468 e. The molecule has 2 heterocycles. The fraction of sp³-hybridized carbons (Fsp3) is 0.333. The molecule has 0 bridgehead atoms. The highest BCUT2D eigenvalue weighted by atomic mass is 35.5. The van der Waals surface area contributed by atoms with Gasteiger partial charge < -0.3 is 14.9 Å². The van der Waals surface area contributed by atoms with E-state index in [4.69, 9.17) is 16.3 Å². The number of nitrogens with one attached hydrogen (secondary N) is 1. The number of amides is 1. The number of ether oxygens (including phenoxy) is 1. The number of thioether (sulfide) groups is 1. The van der Waals surface area contributed by atoms with Crippen molar-refractivity contribution in [2.75, 3.05) is 24.7 Å². The monoisotopic (exact) mass is 463 g/mol. The van der Waals surface area contributed by atoms with E-state index in [0.29, 0.717) is 16.3 Å². The first-order chi connectivity index (χ1) is 14.0. The molecule has 0 atom stereocenters. The standard InChI is InChI=1S/C18H17ClF3N3O4S/c19-13-3-1-11(2-4-13)14-7-12(8-23-16(14)29-9-17(20,21)22)15(26)24-25-5-6-30-10-18(25,27)28/h1-4,7-8,27-28H,5-6,9-10H2,(H,24,26). The zero-order chi connectivity index (χ0) is 21.9. The summed E-state index contributed by atoms with van der Waals surface area (Å²) in [4.78, 5) is 16.5. The van der Waals surface area contributed by atoms with E-state index in [0.717, 1.165) is 11.2 Å². The molecule has 3 N–H and O–H groups in total. The summed E-state index contributed by atoms with van der Waals surface area (Å²) in [7, 11) is 0. The second-order valence-electron chi connectivity index (χ2n) is 6.41. The van der Waals surface area contributed by atoms with Gasteiger partial charge in [0, 0.05) is 29.1 Å². The van der Waals surface area contributed by atoms with Crippen LogP contribution in [0.2, 0.25) is 5.02 Å². The molecule has 7 nitrogen and oxygen atoms in total. The molecule has 3 rings (SSSR count). The van der Waals surface area contributed by atoms with Gasteiger partial charge in [-0.15, -0.1) is 0 Å². The lowest BCUT2D eigenvalue weighted by atomic mass is 10.1. The third-order valence-corrected chi connectivity index (χ3v) is 5.38. The number of hydrogen-bond acceptors (Lipinski definition) is 7. The van der Waals surface area contributed by atoms with Gasteiger partial charge in [0.05, 0.1) is 11.3 Å². The minimum Gasteiger partial charge on any atom is -0.468 e. The van der Waals surface area contributed by atoms with Crippen molar-refractivity contribution in [2.45, 2.75) is 12.1 Å². The van der Waals surface area contributed by atoms with Crippen LogP contribution in [-0.4, -0.2) is 62.9 Å². The molecule has 0 spiro atoms. The molecule has 0 aliphatic carbocycles. The Labute approximate surface area is 178 Å². The zero-order valence-electron chi connectivity index (χ0n) is 15.3. The Morgan fingerprint density at radius 2 is 2.03 bits per heavy atom. The molecule has 30 heavy (non-hydrogen) atoms. The molecular weight excluding hydrogens is 447 g/mol. The molecule has 1 fully saturated rings. The number of aliphatic hydroxyl groups is 2. The topological polar surface area (TPSA) is 94.9 Å². The molecule has 0 unspecified atom stereocenters. The van der Waals surface area contributed by atoms with Crippen molar-refractivity contribution in [3.63, 3.8) is 0 Å². The number of alkyl halides is 3. The van der Waals surface area contributed by atoms with Crippen LogP contribution in [0.3, 0.4) is 0 Å². The molecule has 1 aromatic carbocycles. The lowest BCUT2D eigenvalue weighted by Crippen LogP contribution is -2.61. The molecule has 1 aliphatic rings. The van der Waals surface area contributed by atoms with Gasteiger partial charge in [-0.25, -0.2) is 4.98 Å². The van der Waals surface area contributed by atoms with Gasteiger partial charge in [-0.3, -0.25) is 10.2 Å². The SMILES string of the molecule is O=C(NN1CCSCC1(O)O)c1cnc(OCC(F)(F)F)c(-c2ccc(Cl)cc2)c1. The van der Waals surface area contributed by atoms with Gasteiger partial charge in [0.25, 0.3) is 11.8 Å². The minimum absolute atomic E-state index is 0.00617. The Morgan fingerprint density at radius 3 is 2.67 bits per heavy atom. The predicted molar refractivity (Wildman–Crippen MR) is 105 cm³/mol. The molecule has 1 saturated heterocycles. The maximum Gasteiger partial charge on any atom is 0.422 e. The van der Waals surface area contributed by atoms with E-state index in [-0.39, 0.29) is 29.3 Å². The lowest BCUT2D eigenvalue weighted by molar-refractivity contribution is -0.259. The van der Waals surface area contributed by atoms with Gasteiger partial charge in [-0.1, -0.05) is 23.7 Å². The van der Waals surface area contributed by atoms with Crippen molar-refractivity contribution in [1.82, 2.24) is 15.4 Å². The Morgan fingerprint density at radius 1 is 1.33 bits per heavy atom. The van der Waals surface area contributed by atoms with Gasteiger partial charge in [-0.05, 0) is 23.8 Å². The summed E-state index contributed by atoms with van der Waals surface area (Å²) in [5.74, 6) is -2.69. The van der Waals surface area contributed by atoms with Gasteiger partial charge in [0.2, 0.25) is 5.88 Å². The average Bonchev–Trinajstić information content (AvgIpc) is 2.68. The van der Waals surface area contributed by atoms with Crippen molar-refractivity contribution in [3.05, 3.63) is 47.1 Å². The van der Waals surface area contributed by atoms with Crippen LogP contribution in [0.25, 0.3) is 11.1 Å². The third-order valence-electron chi connectivity index (χ3n) is 4.06. The van der Waals surface area contributed by atoms with Crippen molar-refractivity contribution in [3.8, 4) is 17.0 Å². The highest BCUT2D eigenvalue weighted by Gasteiger charge is 2.36. The van der Waals surface area contributed by atoms with E-state index in [1.165, 1.54) is 30.0 Å². The molecular formula is C18H17ClF3N3O4S. The number of carbonyl (C=O) groups excluding carboxylic acids is 1. The Hall–Kier alpha value is -2.05. The van der Waals surface area contributed by atoms with Crippen LogP contribution in [-0.2, 0) is 0 Å². The summed E-state index contributed by atoms with van der Waals surface area (Å²) < 4.78 is 42.6. The fourth-order valence-electron chi connectivity index (χ4n) is 2.63. The quantitative estimate of drug-likeness (QED) is 0.587. The number of carbonyl (C=O) groups is 1. The van der Waals surface area contributed by atoms with Crippen LogP contribution in [0.4, 0.5) is 13.2 Å². The molecule has 12 heteroatoms. The van der Waals surface area contributed by atoms with Gasteiger partial charge >= 0.3 is 6.18 Å². The third kappa shape index (κ3) is 5.76. The first-order valence-electron chi connectivity index (χ1n) is 8.62. The predicted octanol–water partition coefficient (Wildman–Crippen LogP) is 2.68. The first kappa shape index (κ1) is 22.6. The summed E-state index contributed by atoms with van der Waals surface area (Å²) in [5, 5.41) is 21.3. The van der Waals surface area contributed by atoms with E-state index in [9.17, 15) is 28.2 Å². The minimum atomic E-state index is -4.56. The Bertz CT molecular complexity index is 913. The molecule has 0 radical (unpaired) electrons. The molecule has 1 amide bonds. The number of hydrogen-bond donors (Lipinski definition) is 3. The second-order valence-corrected chi connectivity index (χ2v) is 7.95. The van der Waals surface area contributed by atoms with Gasteiger partial charge in [0.15, 0.2) is 6.61 Å². The van der Waals surface area contributed by atoms with Crippen molar-refractivity contribution < 1.29 is 32.9 Å². The summed E-state index contributed by atoms with van der Waals surface area (Å²) in [6.45, 7) is -1.36. The number of benzene rings is 1. The average molecular weight is 464 g/mol. The maximum atomic E-state index is 12.6. The number of halogens is 4.